The first-order valence-electron chi connectivity index (χ1n) is 8.72. The molecule has 3 rings (SSSR count). The second-order valence-electron chi connectivity index (χ2n) is 7.95. The van der Waals surface area contributed by atoms with Crippen molar-refractivity contribution in [1.82, 2.24) is 0 Å². The molecule has 0 fully saturated rings. The number of amides is 1. The lowest BCUT2D eigenvalue weighted by molar-refractivity contribution is 0.102. The molecule has 0 spiro atoms. The van der Waals surface area contributed by atoms with Gasteiger partial charge in [-0.1, -0.05) is 38.5 Å². The normalized spacial score (nSPS) is 16.8. The predicted octanol–water partition coefficient (Wildman–Crippen LogP) is 5.33. The number of nitrogens with one attached hydrogen (secondary N) is 1. The second-order valence-corrected chi connectivity index (χ2v) is 9.05. The molecule has 1 aliphatic carbocycles. The van der Waals surface area contributed by atoms with Crippen LogP contribution in [0.15, 0.2) is 24.3 Å². The summed E-state index contributed by atoms with van der Waals surface area (Å²) in [6.45, 7) is 8.83. The molecule has 0 unspecified atom stereocenters. The number of carbonyl (C=O) groups excluding carboxylic acids is 1. The molecule has 0 saturated heterocycles. The fraction of sp³-hybridized carbons (Fsp3) is 0.429. The quantitative estimate of drug-likeness (QED) is 0.794. The van der Waals surface area contributed by atoms with Crippen molar-refractivity contribution in [1.29, 1.82) is 5.26 Å². The molecule has 2 aromatic rings. The zero-order valence-electron chi connectivity index (χ0n) is 15.3. The zero-order chi connectivity index (χ0) is 18.2. The van der Waals surface area contributed by atoms with E-state index in [-0.39, 0.29) is 11.3 Å². The number of nitrogens with zero attached hydrogens (tertiary/aromatic N) is 1. The van der Waals surface area contributed by atoms with Crippen LogP contribution in [0, 0.1) is 29.6 Å². The maximum absolute atomic E-state index is 12.5. The van der Waals surface area contributed by atoms with Gasteiger partial charge in [-0.3, -0.25) is 4.79 Å². The molecule has 1 aromatic carbocycles. The molecule has 0 radical (unpaired) electrons. The Labute approximate surface area is 153 Å². The first-order valence-corrected chi connectivity index (χ1v) is 9.54. The van der Waals surface area contributed by atoms with Crippen LogP contribution in [0.5, 0.6) is 0 Å². The number of hydrogen-bond acceptors (Lipinski definition) is 3. The van der Waals surface area contributed by atoms with E-state index in [4.69, 9.17) is 0 Å². The molecular weight excluding hydrogens is 328 g/mol. The van der Waals surface area contributed by atoms with Crippen LogP contribution in [0.2, 0.25) is 0 Å². The Balaban J connectivity index is 1.86. The average molecular weight is 353 g/mol. The summed E-state index contributed by atoms with van der Waals surface area (Å²) >= 11 is 1.58. The summed E-state index contributed by atoms with van der Waals surface area (Å²) in [6, 6.07) is 9.81. The number of aryl methyl sites for hydroxylation is 1. The summed E-state index contributed by atoms with van der Waals surface area (Å²) in [5.74, 6) is 0.466. The molecule has 1 atom stereocenters. The smallest absolute Gasteiger partial charge is 0.256 e. The van der Waals surface area contributed by atoms with Gasteiger partial charge in [-0.2, -0.15) is 5.26 Å². The van der Waals surface area contributed by atoms with E-state index in [9.17, 15) is 10.1 Å². The van der Waals surface area contributed by atoms with Gasteiger partial charge >= 0.3 is 0 Å². The van der Waals surface area contributed by atoms with Gasteiger partial charge in [0.15, 0.2) is 0 Å². The molecule has 1 aromatic heterocycles. The van der Waals surface area contributed by atoms with E-state index < -0.39 is 0 Å². The van der Waals surface area contributed by atoms with Crippen molar-refractivity contribution >= 4 is 22.2 Å². The van der Waals surface area contributed by atoms with Crippen LogP contribution in [-0.4, -0.2) is 5.91 Å². The maximum Gasteiger partial charge on any atom is 0.256 e. The third-order valence-electron chi connectivity index (χ3n) is 5.14. The van der Waals surface area contributed by atoms with E-state index in [0.29, 0.717) is 22.0 Å². The van der Waals surface area contributed by atoms with E-state index in [0.717, 1.165) is 30.4 Å². The van der Waals surface area contributed by atoms with Crippen LogP contribution in [-0.2, 0) is 12.8 Å². The van der Waals surface area contributed by atoms with E-state index in [1.54, 1.807) is 11.3 Å². The Morgan fingerprint density at radius 2 is 1.96 bits per heavy atom. The van der Waals surface area contributed by atoms with Crippen molar-refractivity contribution in [3.8, 4) is 6.07 Å². The number of anilines is 1. The third-order valence-corrected chi connectivity index (χ3v) is 6.31. The summed E-state index contributed by atoms with van der Waals surface area (Å²) in [4.78, 5) is 13.8. The Morgan fingerprint density at radius 3 is 2.56 bits per heavy atom. The van der Waals surface area contributed by atoms with Gasteiger partial charge in [0, 0.05) is 10.4 Å². The number of fused-ring (bicyclic) bond motifs is 1. The number of hydrogen-bond donors (Lipinski definition) is 1. The minimum Gasteiger partial charge on any atom is -0.312 e. The van der Waals surface area contributed by atoms with E-state index >= 15 is 0 Å². The zero-order valence-corrected chi connectivity index (χ0v) is 16.1. The van der Waals surface area contributed by atoms with Crippen molar-refractivity contribution in [3.05, 3.63) is 51.4 Å². The molecule has 0 saturated carbocycles. The molecule has 1 heterocycles. The van der Waals surface area contributed by atoms with Gasteiger partial charge in [-0.15, -0.1) is 11.3 Å². The van der Waals surface area contributed by atoms with Crippen molar-refractivity contribution in [2.45, 2.75) is 47.0 Å². The van der Waals surface area contributed by atoms with Crippen molar-refractivity contribution < 1.29 is 4.79 Å². The molecule has 4 heteroatoms. The van der Waals surface area contributed by atoms with Gasteiger partial charge in [0.2, 0.25) is 0 Å². The first-order chi connectivity index (χ1) is 11.8. The SMILES string of the molecule is Cc1ccc(C(=O)Nc2sc3c(c2C#N)CC[C@@H](C(C)(C)C)C3)cc1. The Hall–Kier alpha value is -2.12. The molecule has 1 aliphatic rings. The highest BCUT2D eigenvalue weighted by Gasteiger charge is 2.32. The number of thiophene rings is 1. The molecule has 130 valence electrons. The molecule has 0 aliphatic heterocycles. The number of carbonyl (C=O) groups is 1. The lowest BCUT2D eigenvalue weighted by Gasteiger charge is -2.33. The lowest BCUT2D eigenvalue weighted by Crippen LogP contribution is -2.26. The summed E-state index contributed by atoms with van der Waals surface area (Å²) in [5, 5.41) is 13.3. The lowest BCUT2D eigenvalue weighted by atomic mass is 9.72. The first kappa shape index (κ1) is 17.7. The third kappa shape index (κ3) is 3.62. The topological polar surface area (TPSA) is 52.9 Å². The summed E-state index contributed by atoms with van der Waals surface area (Å²) < 4.78 is 0. The standard InChI is InChI=1S/C21H24N2OS/c1-13-5-7-14(8-6-13)19(24)23-20-17(12-22)16-10-9-15(21(2,3)4)11-18(16)25-20/h5-8,15H,9-11H2,1-4H3,(H,23,24)/t15-/m1/s1. The largest absolute Gasteiger partial charge is 0.312 e. The Bertz CT molecular complexity index is 835. The predicted molar refractivity (Wildman–Crippen MR) is 103 cm³/mol. The Kier molecular flexibility index (Phi) is 4.71. The number of benzene rings is 1. The van der Waals surface area contributed by atoms with Crippen LogP contribution in [0.1, 0.15) is 59.1 Å². The Morgan fingerprint density at radius 1 is 1.28 bits per heavy atom. The molecule has 25 heavy (non-hydrogen) atoms. The van der Waals surface area contributed by atoms with Crippen molar-refractivity contribution in [3.63, 3.8) is 0 Å². The molecule has 1 amide bonds. The van der Waals surface area contributed by atoms with E-state index in [1.807, 2.05) is 31.2 Å². The summed E-state index contributed by atoms with van der Waals surface area (Å²) in [6.07, 6.45) is 3.03. The van der Waals surface area contributed by atoms with Gasteiger partial charge in [-0.05, 0) is 55.2 Å². The van der Waals surface area contributed by atoms with Crippen LogP contribution in [0.3, 0.4) is 0 Å². The molecule has 3 nitrogen and oxygen atoms in total. The minimum atomic E-state index is -0.150. The number of rotatable bonds is 2. The fourth-order valence-electron chi connectivity index (χ4n) is 3.41. The minimum absolute atomic E-state index is 0.150. The second kappa shape index (κ2) is 6.65. The van der Waals surface area contributed by atoms with Gasteiger partial charge in [-0.25, -0.2) is 0 Å². The van der Waals surface area contributed by atoms with Crippen LogP contribution in [0.4, 0.5) is 5.00 Å². The number of nitriles is 1. The molecule has 1 N–H and O–H groups in total. The highest BCUT2D eigenvalue weighted by molar-refractivity contribution is 7.16. The van der Waals surface area contributed by atoms with Crippen molar-refractivity contribution in [2.24, 2.45) is 11.3 Å². The maximum atomic E-state index is 12.5. The van der Waals surface area contributed by atoms with Gasteiger partial charge in [0.05, 0.1) is 5.56 Å². The van der Waals surface area contributed by atoms with Crippen LogP contribution < -0.4 is 5.32 Å². The highest BCUT2D eigenvalue weighted by atomic mass is 32.1. The van der Waals surface area contributed by atoms with Gasteiger partial charge in [0.25, 0.3) is 5.91 Å². The summed E-state index contributed by atoms with van der Waals surface area (Å²) in [7, 11) is 0. The van der Waals surface area contributed by atoms with Gasteiger partial charge < -0.3 is 5.32 Å². The molecule has 0 bridgehead atoms. The van der Waals surface area contributed by atoms with Gasteiger partial charge in [0.1, 0.15) is 11.1 Å². The average Bonchev–Trinajstić information content (AvgIpc) is 2.90. The van der Waals surface area contributed by atoms with Crippen molar-refractivity contribution in [2.75, 3.05) is 5.32 Å². The summed E-state index contributed by atoms with van der Waals surface area (Å²) in [5.41, 5.74) is 3.81. The van der Waals surface area contributed by atoms with Crippen LogP contribution in [0.25, 0.3) is 0 Å². The highest BCUT2D eigenvalue weighted by Crippen LogP contribution is 2.44. The fourth-order valence-corrected chi connectivity index (χ4v) is 4.68. The molecular formula is C21H24N2OS. The van der Waals surface area contributed by atoms with E-state index in [1.165, 1.54) is 4.88 Å². The van der Waals surface area contributed by atoms with Crippen LogP contribution >= 0.6 is 11.3 Å². The van der Waals surface area contributed by atoms with E-state index in [2.05, 4.69) is 32.2 Å². The monoisotopic (exact) mass is 352 g/mol.